The number of aliphatic hydroxyl groups is 5. The van der Waals surface area contributed by atoms with Crippen molar-refractivity contribution in [3.8, 4) is 0 Å². The molecule has 0 aromatic rings. The summed E-state index contributed by atoms with van der Waals surface area (Å²) in [5.74, 6) is -7.20. The number of aliphatic carboxylic acids is 5. The van der Waals surface area contributed by atoms with Crippen LogP contribution in [0.5, 0.6) is 0 Å². The van der Waals surface area contributed by atoms with Crippen molar-refractivity contribution in [2.75, 3.05) is 33.0 Å². The first-order valence-corrected chi connectivity index (χ1v) is 5.39. The Balaban J connectivity index is -0.0000000364. The van der Waals surface area contributed by atoms with Crippen LogP contribution in [0.4, 0.5) is 0 Å². The SMILES string of the molecule is O=C([O-])CO.O=C([O-])CO.O=C([O-])CO.O=C([O-])CO.O=C([O-])CO.[Na+].[Ti+4]. The maximum Gasteiger partial charge on any atom is 4.00 e. The van der Waals surface area contributed by atoms with Crippen LogP contribution in [0.2, 0.25) is 0 Å². The van der Waals surface area contributed by atoms with Gasteiger partial charge in [-0.05, 0) is 0 Å². The summed E-state index contributed by atoms with van der Waals surface area (Å²) in [6, 6.07) is 0. The molecule has 27 heavy (non-hydrogen) atoms. The van der Waals surface area contributed by atoms with Gasteiger partial charge >= 0.3 is 51.3 Å². The molecule has 0 fully saturated rings. The molecule has 0 atom stereocenters. The fraction of sp³-hybridized carbons (Fsp3) is 0.500. The predicted molar refractivity (Wildman–Crippen MR) is 60.5 cm³/mol. The number of carboxylic acids is 5. The van der Waals surface area contributed by atoms with Crippen molar-refractivity contribution in [2.45, 2.75) is 0 Å². The minimum absolute atomic E-state index is 0. The molecule has 0 aliphatic carbocycles. The van der Waals surface area contributed by atoms with E-state index in [2.05, 4.69) is 0 Å². The van der Waals surface area contributed by atoms with Gasteiger partial charge in [-0.2, -0.15) is 0 Å². The molecule has 0 rings (SSSR count). The topological polar surface area (TPSA) is 302 Å². The first kappa shape index (κ1) is 44.9. The van der Waals surface area contributed by atoms with Crippen molar-refractivity contribution in [3.63, 3.8) is 0 Å². The minimum Gasteiger partial charge on any atom is -0.548 e. The zero-order valence-electron chi connectivity index (χ0n) is 13.9. The Hall–Kier alpha value is -1.14. The number of aliphatic hydroxyl groups excluding tert-OH is 5. The third kappa shape index (κ3) is 165. The second-order valence-corrected chi connectivity index (χ2v) is 2.65. The Morgan fingerprint density at radius 3 is 0.481 bits per heavy atom. The van der Waals surface area contributed by atoms with Gasteiger partial charge in [0, 0.05) is 0 Å². The molecule has 0 amide bonds. The average Bonchev–Trinajstić information content (AvgIpc) is 2.56. The summed E-state index contributed by atoms with van der Waals surface area (Å²) < 4.78 is 0. The van der Waals surface area contributed by atoms with Crippen LogP contribution in [0.3, 0.4) is 0 Å². The molecule has 0 saturated carbocycles. The van der Waals surface area contributed by atoms with E-state index in [4.69, 9.17) is 75.0 Å². The van der Waals surface area contributed by atoms with Crippen LogP contribution in [0, 0.1) is 0 Å². The Bertz CT molecular complexity index is 294. The van der Waals surface area contributed by atoms with Crippen LogP contribution in [-0.2, 0) is 45.7 Å². The molecule has 0 aliphatic rings. The molecule has 0 bridgehead atoms. The molecule has 150 valence electrons. The monoisotopic (exact) mass is 446 g/mol. The van der Waals surface area contributed by atoms with Gasteiger partial charge in [-0.25, -0.2) is 0 Å². The van der Waals surface area contributed by atoms with Gasteiger partial charge in [-0.3, -0.25) is 0 Å². The van der Waals surface area contributed by atoms with Gasteiger partial charge in [0.2, 0.25) is 0 Å². The Labute approximate surface area is 188 Å². The van der Waals surface area contributed by atoms with E-state index in [0.29, 0.717) is 0 Å². The van der Waals surface area contributed by atoms with Crippen LogP contribution in [0.1, 0.15) is 0 Å². The van der Waals surface area contributed by atoms with Gasteiger partial charge < -0.3 is 75.0 Å². The largest absolute Gasteiger partial charge is 4.00 e. The summed E-state index contributed by atoms with van der Waals surface area (Å²) in [5.41, 5.74) is 0. The van der Waals surface area contributed by atoms with Gasteiger partial charge in [0.05, 0.1) is 62.9 Å². The summed E-state index contributed by atoms with van der Waals surface area (Å²) >= 11 is 0. The average molecular weight is 446 g/mol. The molecule has 0 spiro atoms. The second-order valence-electron chi connectivity index (χ2n) is 2.65. The zero-order valence-corrected chi connectivity index (χ0v) is 17.4. The van der Waals surface area contributed by atoms with Gasteiger partial charge in [-0.1, -0.05) is 0 Å². The summed E-state index contributed by atoms with van der Waals surface area (Å²) in [6.45, 7) is -4.44. The van der Waals surface area contributed by atoms with Crippen molar-refractivity contribution in [3.05, 3.63) is 0 Å². The van der Waals surface area contributed by atoms with Crippen LogP contribution < -0.4 is 55.1 Å². The number of carbonyl (C=O) groups is 5. The fourth-order valence-electron chi connectivity index (χ4n) is 0. The Kier molecular flexibility index (Phi) is 66.2. The molecule has 0 radical (unpaired) electrons. The minimum atomic E-state index is -1.44. The van der Waals surface area contributed by atoms with Gasteiger partial charge in [0.1, 0.15) is 0 Å². The summed E-state index contributed by atoms with van der Waals surface area (Å²) in [5, 5.41) is 82.4. The standard InChI is InChI=1S/5C2H4O3.Na.Ti/c5*3-1-2(4)5;;/h5*3H,1H2,(H,4,5);;/q;;;;;+1;+4/p-5. The molecule has 5 N–H and O–H groups in total. The predicted octanol–water partition coefficient (Wildman–Crippen LogP) is -14.4. The van der Waals surface area contributed by atoms with Gasteiger partial charge in [-0.15, -0.1) is 0 Å². The molecule has 0 heterocycles. The maximum absolute atomic E-state index is 9.01. The molecular formula is C10H15NaO15Ti. The first-order chi connectivity index (χ1) is 11.4. The van der Waals surface area contributed by atoms with E-state index in [1.54, 1.807) is 0 Å². The van der Waals surface area contributed by atoms with Crippen molar-refractivity contribution < 1.29 is 126 Å². The quantitative estimate of drug-likeness (QED) is 0.245. The van der Waals surface area contributed by atoms with E-state index in [9.17, 15) is 0 Å². The van der Waals surface area contributed by atoms with Crippen LogP contribution in [0.25, 0.3) is 0 Å². The van der Waals surface area contributed by atoms with E-state index < -0.39 is 62.9 Å². The van der Waals surface area contributed by atoms with E-state index in [1.807, 2.05) is 0 Å². The molecule has 15 nitrogen and oxygen atoms in total. The molecule has 0 aromatic heterocycles. The fourth-order valence-corrected chi connectivity index (χ4v) is 0. The van der Waals surface area contributed by atoms with E-state index >= 15 is 0 Å². The molecule has 0 saturated heterocycles. The van der Waals surface area contributed by atoms with Crippen molar-refractivity contribution in [1.82, 2.24) is 0 Å². The van der Waals surface area contributed by atoms with E-state index in [1.165, 1.54) is 0 Å². The van der Waals surface area contributed by atoms with Crippen molar-refractivity contribution in [1.29, 1.82) is 0 Å². The molecular weight excluding hydrogens is 431 g/mol. The normalized spacial score (nSPS) is 6.85. The third-order valence-electron chi connectivity index (χ3n) is 0.645. The first-order valence-electron chi connectivity index (χ1n) is 5.39. The molecule has 0 unspecified atom stereocenters. The van der Waals surface area contributed by atoms with Crippen LogP contribution in [0.15, 0.2) is 0 Å². The number of rotatable bonds is 5. The van der Waals surface area contributed by atoms with E-state index in [-0.39, 0.29) is 51.3 Å². The third-order valence-corrected chi connectivity index (χ3v) is 0.645. The number of hydrogen-bond acceptors (Lipinski definition) is 15. The number of carbonyl (C=O) groups excluding carboxylic acids is 5. The Morgan fingerprint density at radius 2 is 0.481 bits per heavy atom. The molecule has 0 aliphatic heterocycles. The van der Waals surface area contributed by atoms with Crippen LogP contribution >= 0.6 is 0 Å². The second kappa shape index (κ2) is 39.8. The summed E-state index contributed by atoms with van der Waals surface area (Å²) in [6.07, 6.45) is 0. The summed E-state index contributed by atoms with van der Waals surface area (Å²) in [4.78, 5) is 45.0. The summed E-state index contributed by atoms with van der Waals surface area (Å²) in [7, 11) is 0. The van der Waals surface area contributed by atoms with Crippen LogP contribution in [-0.4, -0.2) is 88.4 Å². The van der Waals surface area contributed by atoms with Crippen molar-refractivity contribution >= 4 is 29.8 Å². The number of carboxylic acid groups (broad SMARTS) is 5. The van der Waals surface area contributed by atoms with Gasteiger partial charge in [0.15, 0.2) is 0 Å². The zero-order chi connectivity index (χ0) is 21.4. The van der Waals surface area contributed by atoms with Crippen molar-refractivity contribution in [2.24, 2.45) is 0 Å². The smallest absolute Gasteiger partial charge is 0.548 e. The number of hydrogen-bond donors (Lipinski definition) is 5. The molecule has 17 heteroatoms. The van der Waals surface area contributed by atoms with Gasteiger partial charge in [0.25, 0.3) is 0 Å². The maximum atomic E-state index is 9.01. The van der Waals surface area contributed by atoms with E-state index in [0.717, 1.165) is 0 Å². The Morgan fingerprint density at radius 1 is 0.444 bits per heavy atom. The molecule has 0 aromatic carbocycles.